The molecule has 0 saturated heterocycles. The van der Waals surface area contributed by atoms with Crippen LogP contribution >= 0.6 is 0 Å². The van der Waals surface area contributed by atoms with Crippen molar-refractivity contribution in [2.75, 3.05) is 0 Å². The number of hydrogen-bond donors (Lipinski definition) is 2. The summed E-state index contributed by atoms with van der Waals surface area (Å²) in [5.41, 5.74) is 0.235. The van der Waals surface area contributed by atoms with Crippen LogP contribution in [-0.4, -0.2) is 53.6 Å². The molecular formula is C8H9NaO5S. The van der Waals surface area contributed by atoms with Crippen molar-refractivity contribution in [2.24, 2.45) is 0 Å². The zero-order valence-electron chi connectivity index (χ0n) is 7.04. The van der Waals surface area contributed by atoms with Crippen molar-refractivity contribution >= 4 is 45.6 Å². The van der Waals surface area contributed by atoms with Gasteiger partial charge in [-0.2, -0.15) is 8.42 Å². The molecule has 0 aliphatic carbocycles. The Morgan fingerprint density at radius 2 is 1.93 bits per heavy atom. The zero-order valence-corrected chi connectivity index (χ0v) is 7.86. The van der Waals surface area contributed by atoms with Crippen molar-refractivity contribution in [3.05, 3.63) is 35.4 Å². The van der Waals surface area contributed by atoms with Gasteiger partial charge in [0.1, 0.15) is 5.75 Å². The first kappa shape index (κ1) is 14.6. The van der Waals surface area contributed by atoms with E-state index in [9.17, 15) is 13.2 Å². The summed E-state index contributed by atoms with van der Waals surface area (Å²) in [6, 6.07) is 5.40. The number of carboxylic acid groups (broad SMARTS) is 1. The van der Waals surface area contributed by atoms with Crippen molar-refractivity contribution in [1.82, 2.24) is 0 Å². The summed E-state index contributed by atoms with van der Waals surface area (Å²) in [5.74, 6) is -1.71. The van der Waals surface area contributed by atoms with Crippen molar-refractivity contribution in [1.29, 1.82) is 0 Å². The Balaban J connectivity index is 0.00000196. The van der Waals surface area contributed by atoms with Crippen LogP contribution in [0.25, 0.3) is 0 Å². The topological polar surface area (TPSA) is 91.7 Å². The SMILES string of the molecule is O=C(O)c1cccc(CS(=O)(=O)O)c1.[NaH]. The quantitative estimate of drug-likeness (QED) is 0.578. The second-order valence-corrected chi connectivity index (χ2v) is 4.18. The third kappa shape index (κ3) is 5.29. The van der Waals surface area contributed by atoms with E-state index in [4.69, 9.17) is 9.66 Å². The van der Waals surface area contributed by atoms with Crippen molar-refractivity contribution in [3.63, 3.8) is 0 Å². The molecule has 0 heterocycles. The minimum atomic E-state index is -4.11. The average molecular weight is 240 g/mol. The van der Waals surface area contributed by atoms with Gasteiger partial charge in [0.05, 0.1) is 5.56 Å². The fraction of sp³-hybridized carbons (Fsp3) is 0.125. The summed E-state index contributed by atoms with van der Waals surface area (Å²) < 4.78 is 29.5. The maximum atomic E-state index is 10.5. The van der Waals surface area contributed by atoms with Gasteiger partial charge in [-0.3, -0.25) is 4.55 Å². The Labute approximate surface area is 109 Å². The molecule has 0 aliphatic heterocycles. The zero-order chi connectivity index (χ0) is 10.8. The van der Waals surface area contributed by atoms with E-state index in [0.29, 0.717) is 0 Å². The van der Waals surface area contributed by atoms with Gasteiger partial charge < -0.3 is 5.11 Å². The predicted octanol–water partition coefficient (Wildman–Crippen LogP) is 0.124. The number of aromatic carboxylic acids is 1. The van der Waals surface area contributed by atoms with E-state index in [1.807, 2.05) is 0 Å². The molecule has 1 aromatic carbocycles. The first-order valence-corrected chi connectivity index (χ1v) is 5.27. The van der Waals surface area contributed by atoms with Crippen LogP contribution in [0.4, 0.5) is 0 Å². The number of benzene rings is 1. The fourth-order valence-corrected chi connectivity index (χ4v) is 1.61. The third-order valence-electron chi connectivity index (χ3n) is 1.52. The molecule has 0 aromatic heterocycles. The summed E-state index contributed by atoms with van der Waals surface area (Å²) >= 11 is 0. The van der Waals surface area contributed by atoms with Gasteiger partial charge in [-0.1, -0.05) is 12.1 Å². The van der Waals surface area contributed by atoms with Gasteiger partial charge in [0.2, 0.25) is 0 Å². The van der Waals surface area contributed by atoms with Crippen LogP contribution in [0.5, 0.6) is 0 Å². The van der Waals surface area contributed by atoms with Gasteiger partial charge in [-0.15, -0.1) is 0 Å². The van der Waals surface area contributed by atoms with Gasteiger partial charge >= 0.3 is 35.5 Å². The van der Waals surface area contributed by atoms with Crippen LogP contribution in [0.2, 0.25) is 0 Å². The van der Waals surface area contributed by atoms with Gasteiger partial charge in [-0.05, 0) is 17.7 Å². The van der Waals surface area contributed by atoms with Crippen molar-refractivity contribution < 1.29 is 22.9 Å². The molecule has 0 unspecified atom stereocenters. The molecule has 0 amide bonds. The molecule has 78 valence electrons. The van der Waals surface area contributed by atoms with Crippen LogP contribution < -0.4 is 0 Å². The molecule has 15 heavy (non-hydrogen) atoms. The Morgan fingerprint density at radius 3 is 2.40 bits per heavy atom. The van der Waals surface area contributed by atoms with Crippen LogP contribution in [0, 0.1) is 0 Å². The fourth-order valence-electron chi connectivity index (χ4n) is 1.00. The van der Waals surface area contributed by atoms with E-state index in [1.54, 1.807) is 0 Å². The molecule has 0 spiro atoms. The van der Waals surface area contributed by atoms with E-state index in [2.05, 4.69) is 0 Å². The van der Waals surface area contributed by atoms with E-state index in [0.717, 1.165) is 0 Å². The standard InChI is InChI=1S/C8H8O5S.Na.H/c9-8(10)7-3-1-2-6(4-7)5-14(11,12)13;;/h1-4H,5H2,(H,9,10)(H,11,12,13);;. The number of carbonyl (C=O) groups is 1. The van der Waals surface area contributed by atoms with Crippen LogP contribution in [0.1, 0.15) is 15.9 Å². The van der Waals surface area contributed by atoms with Gasteiger partial charge in [-0.25, -0.2) is 4.79 Å². The molecule has 0 saturated carbocycles. The van der Waals surface area contributed by atoms with E-state index >= 15 is 0 Å². The first-order valence-electron chi connectivity index (χ1n) is 3.66. The first-order chi connectivity index (χ1) is 6.38. The van der Waals surface area contributed by atoms with Gasteiger partial charge in [0.25, 0.3) is 10.1 Å². The number of rotatable bonds is 3. The van der Waals surface area contributed by atoms with Crippen molar-refractivity contribution in [2.45, 2.75) is 5.75 Å². The second-order valence-electron chi connectivity index (χ2n) is 2.73. The summed E-state index contributed by atoms with van der Waals surface area (Å²) in [4.78, 5) is 10.5. The molecule has 0 radical (unpaired) electrons. The Hall–Kier alpha value is -0.400. The van der Waals surface area contributed by atoms with E-state index < -0.39 is 21.8 Å². The molecule has 1 rings (SSSR count). The van der Waals surface area contributed by atoms with E-state index in [-0.39, 0.29) is 40.7 Å². The van der Waals surface area contributed by atoms with E-state index in [1.165, 1.54) is 24.3 Å². The minimum absolute atomic E-state index is 0. The molecule has 0 fully saturated rings. The van der Waals surface area contributed by atoms with Crippen LogP contribution in [-0.2, 0) is 15.9 Å². The molecule has 7 heteroatoms. The third-order valence-corrected chi connectivity index (χ3v) is 2.22. The molecule has 0 atom stereocenters. The summed E-state index contributed by atoms with van der Waals surface area (Å²) in [5, 5.41) is 8.60. The summed E-state index contributed by atoms with van der Waals surface area (Å²) in [7, 11) is -4.11. The number of carboxylic acids is 1. The van der Waals surface area contributed by atoms with Crippen LogP contribution in [0.3, 0.4) is 0 Å². The maximum absolute atomic E-state index is 10.5. The molecule has 5 nitrogen and oxygen atoms in total. The Morgan fingerprint density at radius 1 is 1.33 bits per heavy atom. The van der Waals surface area contributed by atoms with Gasteiger partial charge in [0, 0.05) is 0 Å². The number of hydrogen-bond acceptors (Lipinski definition) is 3. The monoisotopic (exact) mass is 240 g/mol. The Bertz CT molecular complexity index is 454. The average Bonchev–Trinajstić information content (AvgIpc) is 2.01. The van der Waals surface area contributed by atoms with Gasteiger partial charge in [0.15, 0.2) is 0 Å². The summed E-state index contributed by atoms with van der Waals surface area (Å²) in [6.45, 7) is 0. The molecule has 2 N–H and O–H groups in total. The van der Waals surface area contributed by atoms with Crippen LogP contribution in [0.15, 0.2) is 24.3 Å². The molecule has 0 aliphatic rings. The normalized spacial score (nSPS) is 10.5. The predicted molar refractivity (Wildman–Crippen MR) is 55.8 cm³/mol. The summed E-state index contributed by atoms with van der Waals surface area (Å²) in [6.07, 6.45) is 0. The Kier molecular flexibility index (Phi) is 5.47. The second kappa shape index (κ2) is 5.62. The molecule has 1 aromatic rings. The molecular weight excluding hydrogens is 231 g/mol. The molecule has 0 bridgehead atoms. The van der Waals surface area contributed by atoms with Crippen molar-refractivity contribution in [3.8, 4) is 0 Å².